The molecule has 8 aromatic carbocycles. The molecule has 0 spiro atoms. The summed E-state index contributed by atoms with van der Waals surface area (Å²) in [5.41, 5.74) is 7.18. The third-order valence-corrected chi connectivity index (χ3v) is 8.35. The minimum atomic E-state index is 0.805. The molecule has 0 heterocycles. The predicted octanol–water partition coefficient (Wildman–Crippen LogP) is 10.2. The molecule has 0 bridgehead atoms. The maximum atomic E-state index is 3.61. The first-order valence-corrected chi connectivity index (χ1v) is 15.9. The topological polar surface area (TPSA) is 0 Å². The molecular formula is C48H26. The molecule has 0 aliphatic heterocycles. The molecule has 0 aliphatic rings. The second kappa shape index (κ2) is 12.8. The van der Waals surface area contributed by atoms with Crippen molar-refractivity contribution in [3.8, 4) is 47.4 Å². The summed E-state index contributed by atoms with van der Waals surface area (Å²) in [6.45, 7) is 0. The molecule has 8 aromatic rings. The van der Waals surface area contributed by atoms with Gasteiger partial charge in [-0.25, -0.2) is 0 Å². The van der Waals surface area contributed by atoms with Crippen LogP contribution in [0, 0.1) is 47.4 Å². The zero-order chi connectivity index (χ0) is 32.1. The van der Waals surface area contributed by atoms with Crippen molar-refractivity contribution in [1.82, 2.24) is 0 Å². The van der Waals surface area contributed by atoms with E-state index in [0.717, 1.165) is 66.1 Å². The maximum Gasteiger partial charge on any atom is 0.0575 e. The molecule has 48 heavy (non-hydrogen) atoms. The molecule has 0 radical (unpaired) electrons. The van der Waals surface area contributed by atoms with Gasteiger partial charge < -0.3 is 0 Å². The van der Waals surface area contributed by atoms with Gasteiger partial charge in [-0.15, -0.1) is 0 Å². The van der Waals surface area contributed by atoms with Crippen molar-refractivity contribution in [2.75, 3.05) is 0 Å². The smallest absolute Gasteiger partial charge is 0.0575 e. The van der Waals surface area contributed by atoms with Gasteiger partial charge in [-0.1, -0.05) is 150 Å². The van der Waals surface area contributed by atoms with E-state index in [-0.39, 0.29) is 0 Å². The van der Waals surface area contributed by atoms with Crippen LogP contribution in [0.1, 0.15) is 44.5 Å². The Labute approximate surface area is 281 Å². The number of hydrogen-bond donors (Lipinski definition) is 0. The van der Waals surface area contributed by atoms with Crippen LogP contribution in [-0.4, -0.2) is 0 Å². The SMILES string of the molecule is C(#Cc1c(C#Cc2ccccc2)c2ccc3cccc4cc(C#Cc5ccccc5)c(c1C#Cc1ccccc1)c2c34)c1ccccc1. The summed E-state index contributed by atoms with van der Waals surface area (Å²) in [6.07, 6.45) is 0. The Hall–Kier alpha value is -6.96. The van der Waals surface area contributed by atoms with Gasteiger partial charge in [0.25, 0.3) is 0 Å². The summed E-state index contributed by atoms with van der Waals surface area (Å²) in [6, 6.07) is 53.4. The van der Waals surface area contributed by atoms with Crippen LogP contribution in [0.2, 0.25) is 0 Å². The molecule has 0 N–H and O–H groups in total. The predicted molar refractivity (Wildman–Crippen MR) is 200 cm³/mol. The second-order valence-corrected chi connectivity index (χ2v) is 11.5. The average molecular weight is 603 g/mol. The molecule has 0 amide bonds. The van der Waals surface area contributed by atoms with Gasteiger partial charge in [-0.05, 0) is 76.1 Å². The van der Waals surface area contributed by atoms with Crippen LogP contribution < -0.4 is 0 Å². The first kappa shape index (κ1) is 28.5. The number of benzene rings is 8. The first-order chi connectivity index (χ1) is 23.8. The Morgan fingerprint density at radius 1 is 0.271 bits per heavy atom. The van der Waals surface area contributed by atoms with Gasteiger partial charge in [0.1, 0.15) is 0 Å². The fraction of sp³-hybridized carbons (Fsp3) is 0. The summed E-state index contributed by atoms with van der Waals surface area (Å²) in [5, 5.41) is 6.65. The standard InChI is InChI=1S/C48H26/c1-5-14-35(15-6-1)24-28-41-34-40-23-13-22-39-29-33-45-43(31-26-37-18-9-3-10-19-37)42(30-25-36-16-7-2-8-17-36)44(47(41)48(45)46(39)40)32-27-38-20-11-4-12-21-38/h1-23,29,33-34H. The van der Waals surface area contributed by atoms with Crippen molar-refractivity contribution in [2.24, 2.45) is 0 Å². The molecular weight excluding hydrogens is 577 g/mol. The van der Waals surface area contributed by atoms with E-state index in [1.807, 2.05) is 121 Å². The Kier molecular flexibility index (Phi) is 7.60. The monoisotopic (exact) mass is 602 g/mol. The van der Waals surface area contributed by atoms with Gasteiger partial charge in [0, 0.05) is 44.2 Å². The van der Waals surface area contributed by atoms with E-state index in [1.54, 1.807) is 0 Å². The van der Waals surface area contributed by atoms with Crippen LogP contribution in [0.3, 0.4) is 0 Å². The number of hydrogen-bond acceptors (Lipinski definition) is 0. The van der Waals surface area contributed by atoms with Crippen LogP contribution in [0.4, 0.5) is 0 Å². The molecule has 0 aliphatic carbocycles. The zero-order valence-corrected chi connectivity index (χ0v) is 26.0. The van der Waals surface area contributed by atoms with E-state index in [4.69, 9.17) is 0 Å². The van der Waals surface area contributed by atoms with E-state index in [2.05, 4.69) is 83.8 Å². The van der Waals surface area contributed by atoms with E-state index >= 15 is 0 Å². The van der Waals surface area contributed by atoms with Gasteiger partial charge in [0.05, 0.1) is 11.1 Å². The lowest BCUT2D eigenvalue weighted by Gasteiger charge is -2.17. The van der Waals surface area contributed by atoms with E-state index in [1.165, 1.54) is 10.8 Å². The first-order valence-electron chi connectivity index (χ1n) is 15.9. The Bertz CT molecular complexity index is 2690. The third kappa shape index (κ3) is 5.64. The highest BCUT2D eigenvalue weighted by atomic mass is 14.2. The van der Waals surface area contributed by atoms with E-state index in [0.29, 0.717) is 0 Å². The lowest BCUT2D eigenvalue weighted by molar-refractivity contribution is 1.59. The third-order valence-electron chi connectivity index (χ3n) is 8.35. The molecule has 0 heteroatoms. The zero-order valence-electron chi connectivity index (χ0n) is 26.0. The van der Waals surface area contributed by atoms with Crippen molar-refractivity contribution in [3.63, 3.8) is 0 Å². The van der Waals surface area contributed by atoms with Crippen LogP contribution in [0.5, 0.6) is 0 Å². The van der Waals surface area contributed by atoms with Gasteiger partial charge in [-0.3, -0.25) is 0 Å². The minimum Gasteiger partial charge on any atom is -0.0622 e. The van der Waals surface area contributed by atoms with Crippen LogP contribution in [0.25, 0.3) is 32.3 Å². The molecule has 0 nitrogen and oxygen atoms in total. The van der Waals surface area contributed by atoms with Crippen LogP contribution >= 0.6 is 0 Å². The highest BCUT2D eigenvalue weighted by Gasteiger charge is 2.20. The van der Waals surface area contributed by atoms with Crippen LogP contribution in [0.15, 0.2) is 158 Å². The molecule has 0 fully saturated rings. The van der Waals surface area contributed by atoms with Crippen molar-refractivity contribution in [2.45, 2.75) is 0 Å². The Morgan fingerprint density at radius 3 is 1.27 bits per heavy atom. The fourth-order valence-electron chi connectivity index (χ4n) is 6.11. The fourth-order valence-corrected chi connectivity index (χ4v) is 6.11. The minimum absolute atomic E-state index is 0.805. The van der Waals surface area contributed by atoms with Crippen molar-refractivity contribution in [3.05, 3.63) is 202 Å². The Balaban J connectivity index is 1.55. The molecule has 8 rings (SSSR count). The quantitative estimate of drug-likeness (QED) is 0.120. The summed E-state index contributed by atoms with van der Waals surface area (Å²) in [4.78, 5) is 0. The molecule has 0 saturated heterocycles. The summed E-state index contributed by atoms with van der Waals surface area (Å²) in [5.74, 6) is 28.1. The highest BCUT2D eigenvalue weighted by molar-refractivity contribution is 6.27. The number of rotatable bonds is 0. The second-order valence-electron chi connectivity index (χ2n) is 11.5. The van der Waals surface area contributed by atoms with Gasteiger partial charge in [-0.2, -0.15) is 0 Å². The molecule has 0 saturated carbocycles. The normalized spacial score (nSPS) is 10.2. The lowest BCUT2D eigenvalue weighted by atomic mass is 9.83. The van der Waals surface area contributed by atoms with Gasteiger partial charge in [0.2, 0.25) is 0 Å². The summed E-state index contributed by atoms with van der Waals surface area (Å²) < 4.78 is 0. The lowest BCUT2D eigenvalue weighted by Crippen LogP contribution is -1.99. The average Bonchev–Trinajstić information content (AvgIpc) is 3.15. The van der Waals surface area contributed by atoms with Crippen molar-refractivity contribution < 1.29 is 0 Å². The van der Waals surface area contributed by atoms with Crippen LogP contribution in [-0.2, 0) is 0 Å². The Morgan fingerprint density at radius 2 is 0.729 bits per heavy atom. The van der Waals surface area contributed by atoms with Gasteiger partial charge >= 0.3 is 0 Å². The van der Waals surface area contributed by atoms with E-state index in [9.17, 15) is 0 Å². The highest BCUT2D eigenvalue weighted by Crippen LogP contribution is 2.41. The molecule has 0 atom stereocenters. The van der Waals surface area contributed by atoms with E-state index < -0.39 is 0 Å². The van der Waals surface area contributed by atoms with Crippen molar-refractivity contribution in [1.29, 1.82) is 0 Å². The van der Waals surface area contributed by atoms with Crippen molar-refractivity contribution >= 4 is 32.3 Å². The maximum absolute atomic E-state index is 3.61. The summed E-state index contributed by atoms with van der Waals surface area (Å²) >= 11 is 0. The molecule has 0 aromatic heterocycles. The largest absolute Gasteiger partial charge is 0.0622 e. The molecule has 218 valence electrons. The summed E-state index contributed by atoms with van der Waals surface area (Å²) in [7, 11) is 0. The van der Waals surface area contributed by atoms with Gasteiger partial charge in [0.15, 0.2) is 0 Å². The molecule has 0 unspecified atom stereocenters.